The van der Waals surface area contributed by atoms with Gasteiger partial charge in [0.15, 0.2) is 5.69 Å². The van der Waals surface area contributed by atoms with Gasteiger partial charge >= 0.3 is 5.97 Å². The Kier molecular flexibility index (Phi) is 2.44. The van der Waals surface area contributed by atoms with Gasteiger partial charge in [0, 0.05) is 0 Å². The number of aromatic carboxylic acids is 1. The van der Waals surface area contributed by atoms with Crippen LogP contribution in [0.25, 0.3) is 10.4 Å². The topological polar surface area (TPSA) is 50.2 Å². The first kappa shape index (κ1) is 10.5. The van der Waals surface area contributed by atoms with E-state index < -0.39 is 5.97 Å². The van der Waals surface area contributed by atoms with E-state index in [-0.39, 0.29) is 5.69 Å². The molecule has 1 heterocycles. The Morgan fingerprint density at radius 1 is 1.29 bits per heavy atom. The van der Waals surface area contributed by atoms with E-state index in [0.29, 0.717) is 0 Å². The van der Waals surface area contributed by atoms with Gasteiger partial charge in [-0.3, -0.25) is 0 Å². The van der Waals surface area contributed by atoms with Gasteiger partial charge in [0.1, 0.15) is 0 Å². The van der Waals surface area contributed by atoms with Crippen molar-refractivity contribution in [3.63, 3.8) is 0 Å². The zero-order valence-corrected chi connectivity index (χ0v) is 9.91. The first-order valence-electron chi connectivity index (χ1n) is 5.53. The molecule has 1 fully saturated rings. The largest absolute Gasteiger partial charge is 0.476 e. The quantitative estimate of drug-likeness (QED) is 0.901. The molecule has 0 aliphatic heterocycles. The normalized spacial score (nSPS) is 14.8. The van der Waals surface area contributed by atoms with E-state index in [1.807, 2.05) is 12.1 Å². The van der Waals surface area contributed by atoms with Crippen LogP contribution < -0.4 is 0 Å². The van der Waals surface area contributed by atoms with E-state index in [2.05, 4.69) is 17.1 Å². The van der Waals surface area contributed by atoms with E-state index in [9.17, 15) is 4.79 Å². The van der Waals surface area contributed by atoms with Gasteiger partial charge < -0.3 is 5.11 Å². The van der Waals surface area contributed by atoms with Gasteiger partial charge in [-0.15, -0.1) is 11.3 Å². The van der Waals surface area contributed by atoms with Crippen LogP contribution in [0.3, 0.4) is 0 Å². The first-order chi connectivity index (χ1) is 8.25. The fraction of sp³-hybridized carbons (Fsp3) is 0.231. The molecule has 3 nitrogen and oxygen atoms in total. The van der Waals surface area contributed by atoms with Crippen molar-refractivity contribution in [1.29, 1.82) is 0 Å². The summed E-state index contributed by atoms with van der Waals surface area (Å²) in [4.78, 5) is 15.6. The summed E-state index contributed by atoms with van der Waals surface area (Å²) in [5.74, 6) is -0.239. The highest BCUT2D eigenvalue weighted by Gasteiger charge is 2.23. The lowest BCUT2D eigenvalue weighted by Gasteiger charge is -2.01. The van der Waals surface area contributed by atoms with E-state index in [1.54, 1.807) is 5.51 Å². The average Bonchev–Trinajstić information content (AvgIpc) is 3.06. The predicted molar refractivity (Wildman–Crippen MR) is 66.5 cm³/mol. The molecule has 0 atom stereocenters. The molecule has 1 N–H and O–H groups in total. The fourth-order valence-corrected chi connectivity index (χ4v) is 2.71. The maximum absolute atomic E-state index is 11.0. The highest BCUT2D eigenvalue weighted by atomic mass is 32.1. The maximum atomic E-state index is 11.0. The number of carboxylic acids is 1. The summed E-state index contributed by atoms with van der Waals surface area (Å²) in [5.41, 5.74) is 4.02. The molecule has 0 amide bonds. The number of hydrogen-bond acceptors (Lipinski definition) is 3. The molecule has 1 saturated carbocycles. The Balaban J connectivity index is 1.97. The molecule has 2 aromatic rings. The van der Waals surface area contributed by atoms with Crippen molar-refractivity contribution in [3.05, 3.63) is 41.0 Å². The third kappa shape index (κ3) is 1.96. The van der Waals surface area contributed by atoms with Gasteiger partial charge in [-0.1, -0.05) is 24.3 Å². The molecule has 1 aromatic carbocycles. The summed E-state index contributed by atoms with van der Waals surface area (Å²) in [6.07, 6.45) is 2.56. The number of thiazole rings is 1. The summed E-state index contributed by atoms with van der Waals surface area (Å²) < 4.78 is 0. The Labute approximate surface area is 103 Å². The zero-order valence-electron chi connectivity index (χ0n) is 9.09. The maximum Gasteiger partial charge on any atom is 0.356 e. The lowest BCUT2D eigenvalue weighted by molar-refractivity contribution is 0.0692. The van der Waals surface area contributed by atoms with Crippen LogP contribution in [0.5, 0.6) is 0 Å². The Hall–Kier alpha value is -1.68. The van der Waals surface area contributed by atoms with Gasteiger partial charge in [-0.2, -0.15) is 0 Å². The second-order valence-corrected chi connectivity index (χ2v) is 5.09. The van der Waals surface area contributed by atoms with Crippen LogP contribution in [0.1, 0.15) is 34.8 Å². The molecule has 4 heteroatoms. The number of carboxylic acid groups (broad SMARTS) is 1. The molecule has 86 valence electrons. The van der Waals surface area contributed by atoms with Crippen molar-refractivity contribution in [2.75, 3.05) is 0 Å². The molecule has 0 bridgehead atoms. The Morgan fingerprint density at radius 2 is 2.00 bits per heavy atom. The average molecular weight is 245 g/mol. The van der Waals surface area contributed by atoms with Crippen LogP contribution in [0.15, 0.2) is 29.8 Å². The monoisotopic (exact) mass is 245 g/mol. The summed E-state index contributed by atoms with van der Waals surface area (Å²) in [5, 5.41) is 9.01. The molecule has 3 rings (SSSR count). The standard InChI is InChI=1S/C13H11NO2S/c15-13(16)11-12(17-7-14-11)10-5-3-9(4-6-10)8-1-2-8/h3-8H,1-2H2,(H,15,16). The van der Waals surface area contributed by atoms with Gasteiger partial charge in [0.2, 0.25) is 0 Å². The molecule has 1 aliphatic carbocycles. The summed E-state index contributed by atoms with van der Waals surface area (Å²) in [7, 11) is 0. The van der Waals surface area contributed by atoms with Crippen LogP contribution in [0.4, 0.5) is 0 Å². The Morgan fingerprint density at radius 3 is 2.59 bits per heavy atom. The Bertz CT molecular complexity index is 555. The lowest BCUT2D eigenvalue weighted by Crippen LogP contribution is -1.98. The van der Waals surface area contributed by atoms with E-state index >= 15 is 0 Å². The molecule has 0 spiro atoms. The molecule has 0 unspecified atom stereocenters. The van der Waals surface area contributed by atoms with Crippen molar-refractivity contribution in [2.24, 2.45) is 0 Å². The molecule has 17 heavy (non-hydrogen) atoms. The minimum Gasteiger partial charge on any atom is -0.476 e. The van der Waals surface area contributed by atoms with Gasteiger partial charge in [0.05, 0.1) is 10.4 Å². The highest BCUT2D eigenvalue weighted by Crippen LogP contribution is 2.40. The predicted octanol–water partition coefficient (Wildman–Crippen LogP) is 3.39. The molecule has 0 radical (unpaired) electrons. The number of benzene rings is 1. The molecule has 0 saturated heterocycles. The SMILES string of the molecule is O=C(O)c1ncsc1-c1ccc(C2CC2)cc1. The lowest BCUT2D eigenvalue weighted by atomic mass is 10.1. The third-order valence-corrected chi connectivity index (χ3v) is 3.87. The van der Waals surface area contributed by atoms with Crippen molar-refractivity contribution in [1.82, 2.24) is 4.98 Å². The van der Waals surface area contributed by atoms with Gasteiger partial charge in [0.25, 0.3) is 0 Å². The number of nitrogens with zero attached hydrogens (tertiary/aromatic N) is 1. The van der Waals surface area contributed by atoms with Crippen molar-refractivity contribution >= 4 is 17.3 Å². The van der Waals surface area contributed by atoms with Crippen molar-refractivity contribution in [2.45, 2.75) is 18.8 Å². The minimum atomic E-state index is -0.965. The van der Waals surface area contributed by atoms with Crippen LogP contribution in [0, 0.1) is 0 Å². The first-order valence-corrected chi connectivity index (χ1v) is 6.41. The second kappa shape index (κ2) is 3.96. The number of hydrogen-bond donors (Lipinski definition) is 1. The van der Waals surface area contributed by atoms with Crippen LogP contribution in [0.2, 0.25) is 0 Å². The van der Waals surface area contributed by atoms with Crippen LogP contribution in [-0.2, 0) is 0 Å². The highest BCUT2D eigenvalue weighted by molar-refractivity contribution is 7.13. The minimum absolute atomic E-state index is 0.147. The van der Waals surface area contributed by atoms with Gasteiger partial charge in [-0.05, 0) is 29.9 Å². The fourth-order valence-electron chi connectivity index (χ4n) is 1.93. The molecule has 1 aliphatic rings. The molecular formula is C13H11NO2S. The smallest absolute Gasteiger partial charge is 0.356 e. The van der Waals surface area contributed by atoms with E-state index in [4.69, 9.17) is 5.11 Å². The van der Waals surface area contributed by atoms with Gasteiger partial charge in [-0.25, -0.2) is 9.78 Å². The second-order valence-electron chi connectivity index (χ2n) is 4.23. The summed E-state index contributed by atoms with van der Waals surface area (Å²) in [6.45, 7) is 0. The summed E-state index contributed by atoms with van der Waals surface area (Å²) in [6, 6.07) is 8.18. The summed E-state index contributed by atoms with van der Waals surface area (Å²) >= 11 is 1.37. The van der Waals surface area contributed by atoms with Crippen molar-refractivity contribution < 1.29 is 9.90 Å². The van der Waals surface area contributed by atoms with E-state index in [0.717, 1.165) is 16.4 Å². The zero-order chi connectivity index (χ0) is 11.8. The molecular weight excluding hydrogens is 234 g/mol. The number of rotatable bonds is 3. The molecule has 1 aromatic heterocycles. The van der Waals surface area contributed by atoms with Crippen molar-refractivity contribution in [3.8, 4) is 10.4 Å². The number of carbonyl (C=O) groups is 1. The van der Waals surface area contributed by atoms with Crippen LogP contribution in [-0.4, -0.2) is 16.1 Å². The third-order valence-electron chi connectivity index (χ3n) is 2.99. The number of aromatic nitrogens is 1. The van der Waals surface area contributed by atoms with Crippen LogP contribution >= 0.6 is 11.3 Å². The van der Waals surface area contributed by atoms with E-state index in [1.165, 1.54) is 29.7 Å².